The van der Waals surface area contributed by atoms with Gasteiger partial charge in [0.1, 0.15) is 5.92 Å². The van der Waals surface area contributed by atoms with Gasteiger partial charge in [0.05, 0.1) is 5.69 Å². The summed E-state index contributed by atoms with van der Waals surface area (Å²) in [6, 6.07) is 6.03. The van der Waals surface area contributed by atoms with E-state index < -0.39 is 11.9 Å². The number of carbonyl (C=O) groups is 1. The predicted octanol–water partition coefficient (Wildman–Crippen LogP) is 4.46. The Labute approximate surface area is 135 Å². The predicted molar refractivity (Wildman–Crippen MR) is 87.6 cm³/mol. The first-order chi connectivity index (χ1) is 10.0. The molecular formula is C15H15BrN2O2S. The van der Waals surface area contributed by atoms with Gasteiger partial charge in [-0.15, -0.1) is 11.3 Å². The molecule has 2 N–H and O–H groups in total. The molecule has 1 unspecified atom stereocenters. The van der Waals surface area contributed by atoms with Gasteiger partial charge in [-0.3, -0.25) is 4.79 Å². The number of nitrogens with zero attached hydrogens (tertiary/aromatic N) is 1. The minimum Gasteiger partial charge on any atom is -0.481 e. The molecule has 0 saturated heterocycles. The summed E-state index contributed by atoms with van der Waals surface area (Å²) in [7, 11) is 0. The molecule has 4 nitrogen and oxygen atoms in total. The summed E-state index contributed by atoms with van der Waals surface area (Å²) >= 11 is 5.03. The highest BCUT2D eigenvalue weighted by Gasteiger charge is 2.30. The van der Waals surface area contributed by atoms with Crippen LogP contribution in [0.1, 0.15) is 34.9 Å². The lowest BCUT2D eigenvalue weighted by atomic mass is 9.91. The number of nitrogens with one attached hydrogen (secondary N) is 1. The maximum Gasteiger partial charge on any atom is 0.312 e. The number of halogens is 1. The van der Waals surface area contributed by atoms with Crippen LogP contribution in [0.2, 0.25) is 0 Å². The number of rotatable bonds is 3. The number of benzene rings is 1. The van der Waals surface area contributed by atoms with Crippen LogP contribution in [0.15, 0.2) is 22.7 Å². The molecule has 110 valence electrons. The number of carboxylic acids is 1. The van der Waals surface area contributed by atoms with Crippen molar-refractivity contribution in [1.82, 2.24) is 4.98 Å². The van der Waals surface area contributed by atoms with Gasteiger partial charge in [0.25, 0.3) is 0 Å². The van der Waals surface area contributed by atoms with Crippen LogP contribution in [-0.4, -0.2) is 16.1 Å². The zero-order chi connectivity index (χ0) is 15.0. The van der Waals surface area contributed by atoms with E-state index in [0.29, 0.717) is 6.42 Å². The Morgan fingerprint density at radius 2 is 2.33 bits per heavy atom. The van der Waals surface area contributed by atoms with Crippen molar-refractivity contribution in [2.75, 3.05) is 5.32 Å². The summed E-state index contributed by atoms with van der Waals surface area (Å²) in [6.07, 6.45) is 2.53. The molecule has 0 radical (unpaired) electrons. The lowest BCUT2D eigenvalue weighted by Gasteiger charge is -2.16. The van der Waals surface area contributed by atoms with Crippen molar-refractivity contribution in [3.63, 3.8) is 0 Å². The third kappa shape index (κ3) is 2.96. The third-order valence-corrected chi connectivity index (χ3v) is 5.23. The number of anilines is 2. The van der Waals surface area contributed by atoms with Crippen LogP contribution < -0.4 is 5.32 Å². The Hall–Kier alpha value is -1.40. The fourth-order valence-electron chi connectivity index (χ4n) is 2.56. The topological polar surface area (TPSA) is 62.2 Å². The minimum atomic E-state index is -0.772. The number of hydrogen-bond donors (Lipinski definition) is 2. The number of carboxylic acid groups (broad SMARTS) is 1. The largest absolute Gasteiger partial charge is 0.481 e. The first-order valence-electron chi connectivity index (χ1n) is 6.80. The van der Waals surface area contributed by atoms with Gasteiger partial charge in [-0.2, -0.15) is 0 Å². The van der Waals surface area contributed by atoms with E-state index in [1.54, 1.807) is 11.3 Å². The van der Waals surface area contributed by atoms with Gasteiger partial charge >= 0.3 is 5.97 Å². The molecule has 1 atom stereocenters. The molecule has 1 aliphatic rings. The molecule has 1 aliphatic carbocycles. The van der Waals surface area contributed by atoms with E-state index in [1.807, 2.05) is 25.1 Å². The van der Waals surface area contributed by atoms with E-state index in [9.17, 15) is 9.90 Å². The summed E-state index contributed by atoms with van der Waals surface area (Å²) in [5.74, 6) is -1.23. The van der Waals surface area contributed by atoms with Crippen molar-refractivity contribution >= 4 is 44.1 Å². The fraction of sp³-hybridized carbons (Fsp3) is 0.333. The van der Waals surface area contributed by atoms with Crippen molar-refractivity contribution in [1.29, 1.82) is 0 Å². The molecule has 0 amide bonds. The van der Waals surface area contributed by atoms with Crippen LogP contribution in [0.25, 0.3) is 0 Å². The highest BCUT2D eigenvalue weighted by molar-refractivity contribution is 9.10. The second-order valence-corrected chi connectivity index (χ2v) is 7.19. The van der Waals surface area contributed by atoms with Crippen LogP contribution in [0.4, 0.5) is 10.8 Å². The fourth-order valence-corrected chi connectivity index (χ4v) is 3.99. The lowest BCUT2D eigenvalue weighted by Crippen LogP contribution is -2.17. The summed E-state index contributed by atoms with van der Waals surface area (Å²) < 4.78 is 1.00. The Balaban J connectivity index is 1.91. The first-order valence-corrected chi connectivity index (χ1v) is 8.41. The smallest absolute Gasteiger partial charge is 0.312 e. The molecule has 0 aliphatic heterocycles. The van der Waals surface area contributed by atoms with Gasteiger partial charge in [-0.05, 0) is 43.9 Å². The molecule has 6 heteroatoms. The average Bonchev–Trinajstić information content (AvgIpc) is 2.84. The summed E-state index contributed by atoms with van der Waals surface area (Å²) in [5.41, 5.74) is 2.86. The average molecular weight is 367 g/mol. The van der Waals surface area contributed by atoms with E-state index in [-0.39, 0.29) is 0 Å². The molecule has 0 spiro atoms. The van der Waals surface area contributed by atoms with Crippen molar-refractivity contribution in [3.05, 3.63) is 38.8 Å². The Morgan fingerprint density at radius 3 is 3.10 bits per heavy atom. The van der Waals surface area contributed by atoms with E-state index in [4.69, 9.17) is 0 Å². The minimum absolute atomic E-state index is 0.454. The second-order valence-electron chi connectivity index (χ2n) is 5.19. The van der Waals surface area contributed by atoms with Crippen LogP contribution in [-0.2, 0) is 11.2 Å². The molecule has 0 bridgehead atoms. The molecule has 0 fully saturated rings. The maximum absolute atomic E-state index is 11.3. The number of aromatic nitrogens is 1. The van der Waals surface area contributed by atoms with Crippen molar-refractivity contribution < 1.29 is 9.90 Å². The molecule has 21 heavy (non-hydrogen) atoms. The zero-order valence-corrected chi connectivity index (χ0v) is 13.9. The first kappa shape index (κ1) is 14.5. The number of aryl methyl sites for hydroxylation is 2. The molecular weight excluding hydrogens is 352 g/mol. The van der Waals surface area contributed by atoms with E-state index in [2.05, 4.69) is 26.2 Å². The van der Waals surface area contributed by atoms with Gasteiger partial charge < -0.3 is 10.4 Å². The summed E-state index contributed by atoms with van der Waals surface area (Å²) in [5, 5.41) is 13.4. The zero-order valence-electron chi connectivity index (χ0n) is 11.5. The number of aliphatic carboxylic acids is 1. The molecule has 2 aromatic rings. The molecule has 1 aromatic heterocycles. The van der Waals surface area contributed by atoms with Gasteiger partial charge in [-0.25, -0.2) is 4.98 Å². The van der Waals surface area contributed by atoms with Crippen LogP contribution in [0.5, 0.6) is 0 Å². The molecule has 1 aromatic carbocycles. The maximum atomic E-state index is 11.3. The SMILES string of the molecule is Cc1ccc(Br)cc1Nc1nc2c(s1)CCCC2C(=O)O. The summed E-state index contributed by atoms with van der Waals surface area (Å²) in [6.45, 7) is 2.03. The quantitative estimate of drug-likeness (QED) is 0.841. The van der Waals surface area contributed by atoms with Crippen molar-refractivity contribution in [2.24, 2.45) is 0 Å². The molecule has 3 rings (SSSR count). The van der Waals surface area contributed by atoms with Gasteiger partial charge in [-0.1, -0.05) is 22.0 Å². The molecule has 0 saturated carbocycles. The Kier molecular flexibility index (Phi) is 3.99. The van der Waals surface area contributed by atoms with E-state index >= 15 is 0 Å². The number of fused-ring (bicyclic) bond motifs is 1. The van der Waals surface area contributed by atoms with Gasteiger partial charge in [0.15, 0.2) is 5.13 Å². The monoisotopic (exact) mass is 366 g/mol. The highest BCUT2D eigenvalue weighted by Crippen LogP contribution is 2.38. The van der Waals surface area contributed by atoms with Crippen molar-refractivity contribution in [2.45, 2.75) is 32.1 Å². The highest BCUT2D eigenvalue weighted by atomic mass is 79.9. The van der Waals surface area contributed by atoms with Crippen LogP contribution in [0.3, 0.4) is 0 Å². The van der Waals surface area contributed by atoms with E-state index in [0.717, 1.165) is 44.3 Å². The van der Waals surface area contributed by atoms with Gasteiger partial charge in [0, 0.05) is 15.0 Å². The van der Waals surface area contributed by atoms with Crippen molar-refractivity contribution in [3.8, 4) is 0 Å². The number of thiazole rings is 1. The second kappa shape index (κ2) is 5.77. The van der Waals surface area contributed by atoms with Crippen LogP contribution >= 0.6 is 27.3 Å². The molecule has 1 heterocycles. The summed E-state index contributed by atoms with van der Waals surface area (Å²) in [4.78, 5) is 17.0. The van der Waals surface area contributed by atoms with E-state index in [1.165, 1.54) is 0 Å². The lowest BCUT2D eigenvalue weighted by molar-refractivity contribution is -0.139. The third-order valence-electron chi connectivity index (χ3n) is 3.69. The standard InChI is InChI=1S/C15H15BrN2O2S/c1-8-5-6-9(16)7-11(8)17-15-18-13-10(14(19)20)3-2-4-12(13)21-15/h5-7,10H,2-4H2,1H3,(H,17,18)(H,19,20). The Bertz CT molecular complexity index is 699. The van der Waals surface area contributed by atoms with Crippen LogP contribution in [0, 0.1) is 6.92 Å². The normalized spacial score (nSPS) is 17.3. The van der Waals surface area contributed by atoms with Gasteiger partial charge in [0.2, 0.25) is 0 Å². The number of hydrogen-bond acceptors (Lipinski definition) is 4. The Morgan fingerprint density at radius 1 is 1.52 bits per heavy atom.